The summed E-state index contributed by atoms with van der Waals surface area (Å²) >= 11 is 12.3. The quantitative estimate of drug-likeness (QED) is 0.666. The lowest BCUT2D eigenvalue weighted by atomic mass is 9.95. The molecule has 27 heavy (non-hydrogen) atoms. The molecule has 2 N–H and O–H groups in total. The Morgan fingerprint density at radius 3 is 2.44 bits per heavy atom. The van der Waals surface area contributed by atoms with Crippen molar-refractivity contribution in [3.8, 4) is 0 Å². The second-order valence-electron chi connectivity index (χ2n) is 7.11. The van der Waals surface area contributed by atoms with Crippen molar-refractivity contribution in [2.45, 2.75) is 64.0 Å². The van der Waals surface area contributed by atoms with Crippen LogP contribution in [-0.4, -0.2) is 18.1 Å². The van der Waals surface area contributed by atoms with Gasteiger partial charge in [0, 0.05) is 15.7 Å². The number of carbonyl (C=O) groups is 2. The van der Waals surface area contributed by atoms with E-state index < -0.39 is 12.0 Å². The number of halogens is 2. The number of hydrogen-bond acceptors (Lipinski definition) is 3. The summed E-state index contributed by atoms with van der Waals surface area (Å²) in [4.78, 5) is 25.0. The molecular formula is C20H24Cl2N2O3. The van der Waals surface area contributed by atoms with E-state index in [1.54, 1.807) is 25.1 Å². The summed E-state index contributed by atoms with van der Waals surface area (Å²) in [5, 5.41) is 6.31. The summed E-state index contributed by atoms with van der Waals surface area (Å²) in [6.45, 7) is 1.70. The highest BCUT2D eigenvalue weighted by Crippen LogP contribution is 2.34. The standard InChI is InChI=1S/C20H24Cl2N2O3/c1-12-17(19(25)27-14-7-5-3-2-4-6-8-14)18(24-20(26)23-12)15-10-9-13(21)11-16(15)22/h9-11,14,18H,2-8H2,1H3,(H2,23,24,26). The van der Waals surface area contributed by atoms with E-state index in [0.717, 1.165) is 25.7 Å². The van der Waals surface area contributed by atoms with Gasteiger partial charge in [0.25, 0.3) is 0 Å². The van der Waals surface area contributed by atoms with E-state index in [1.165, 1.54) is 19.3 Å². The van der Waals surface area contributed by atoms with E-state index in [0.29, 0.717) is 26.9 Å². The number of rotatable bonds is 3. The Labute approximate surface area is 169 Å². The average molecular weight is 411 g/mol. The van der Waals surface area contributed by atoms with Gasteiger partial charge in [0.05, 0.1) is 11.6 Å². The van der Waals surface area contributed by atoms with Crippen LogP contribution in [0.15, 0.2) is 29.5 Å². The summed E-state index contributed by atoms with van der Waals surface area (Å²) in [6.07, 6.45) is 7.41. The molecule has 2 aliphatic rings. The van der Waals surface area contributed by atoms with Crippen molar-refractivity contribution in [1.29, 1.82) is 0 Å². The number of allylic oxidation sites excluding steroid dienone is 1. The van der Waals surface area contributed by atoms with Crippen LogP contribution >= 0.6 is 23.2 Å². The number of amides is 2. The largest absolute Gasteiger partial charge is 0.459 e. The zero-order valence-corrected chi connectivity index (χ0v) is 16.8. The molecular weight excluding hydrogens is 387 g/mol. The number of nitrogens with one attached hydrogen (secondary N) is 2. The van der Waals surface area contributed by atoms with Gasteiger partial charge in [0.2, 0.25) is 0 Å². The van der Waals surface area contributed by atoms with E-state index in [1.807, 2.05) is 0 Å². The zero-order valence-electron chi connectivity index (χ0n) is 15.3. The van der Waals surface area contributed by atoms with Gasteiger partial charge in [-0.05, 0) is 50.3 Å². The van der Waals surface area contributed by atoms with Crippen LogP contribution < -0.4 is 10.6 Å². The second kappa shape index (κ2) is 8.98. The minimum Gasteiger partial charge on any atom is -0.459 e. The molecule has 1 aliphatic carbocycles. The highest BCUT2D eigenvalue weighted by Gasteiger charge is 2.34. The molecule has 1 aliphatic heterocycles. The number of esters is 1. The average Bonchev–Trinajstić information content (AvgIpc) is 2.56. The molecule has 1 aromatic rings. The number of hydrogen-bond donors (Lipinski definition) is 2. The third-order valence-corrected chi connectivity index (χ3v) is 5.65. The Balaban J connectivity index is 1.85. The summed E-state index contributed by atoms with van der Waals surface area (Å²) < 4.78 is 5.83. The van der Waals surface area contributed by atoms with Crippen LogP contribution in [0.1, 0.15) is 63.5 Å². The molecule has 1 unspecified atom stereocenters. The molecule has 1 heterocycles. The molecule has 1 aromatic carbocycles. The Hall–Kier alpha value is -1.72. The number of benzene rings is 1. The van der Waals surface area contributed by atoms with Crippen molar-refractivity contribution in [1.82, 2.24) is 10.6 Å². The SMILES string of the molecule is CC1=C(C(=O)OC2CCCCCCC2)C(c2ccc(Cl)cc2Cl)NC(=O)N1. The molecule has 3 rings (SSSR count). The molecule has 1 atom stereocenters. The lowest BCUT2D eigenvalue weighted by Crippen LogP contribution is -2.45. The van der Waals surface area contributed by atoms with Crippen LogP contribution in [0.5, 0.6) is 0 Å². The van der Waals surface area contributed by atoms with Crippen LogP contribution in [0.2, 0.25) is 10.0 Å². The van der Waals surface area contributed by atoms with Crippen molar-refractivity contribution in [3.63, 3.8) is 0 Å². The van der Waals surface area contributed by atoms with Gasteiger partial charge in [-0.25, -0.2) is 9.59 Å². The fourth-order valence-corrected chi connectivity index (χ4v) is 4.20. The Bertz CT molecular complexity index is 756. The van der Waals surface area contributed by atoms with Gasteiger partial charge < -0.3 is 15.4 Å². The van der Waals surface area contributed by atoms with Crippen LogP contribution in [0.4, 0.5) is 4.79 Å². The molecule has 0 saturated heterocycles. The minimum absolute atomic E-state index is 0.0860. The van der Waals surface area contributed by atoms with Crippen LogP contribution in [0, 0.1) is 0 Å². The van der Waals surface area contributed by atoms with Crippen molar-refractivity contribution in [3.05, 3.63) is 45.1 Å². The smallest absolute Gasteiger partial charge is 0.338 e. The maximum atomic E-state index is 13.0. The summed E-state index contributed by atoms with van der Waals surface area (Å²) in [6, 6.07) is 3.94. The predicted molar refractivity (Wildman–Crippen MR) is 106 cm³/mol. The molecule has 1 saturated carbocycles. The van der Waals surface area contributed by atoms with Crippen molar-refractivity contribution in [2.24, 2.45) is 0 Å². The molecule has 2 amide bonds. The summed E-state index contributed by atoms with van der Waals surface area (Å²) in [5.41, 5.74) is 1.46. The third kappa shape index (κ3) is 4.96. The minimum atomic E-state index is -0.676. The van der Waals surface area contributed by atoms with E-state index in [-0.39, 0.29) is 12.1 Å². The molecule has 5 nitrogen and oxygen atoms in total. The molecule has 0 aromatic heterocycles. The zero-order chi connectivity index (χ0) is 19.4. The Morgan fingerprint density at radius 1 is 1.11 bits per heavy atom. The molecule has 7 heteroatoms. The van der Waals surface area contributed by atoms with Crippen LogP contribution in [-0.2, 0) is 9.53 Å². The normalized spacial score (nSPS) is 21.7. The van der Waals surface area contributed by atoms with Gasteiger partial charge in [-0.15, -0.1) is 0 Å². The lowest BCUT2D eigenvalue weighted by molar-refractivity contribution is -0.145. The number of carbonyl (C=O) groups excluding carboxylic acids is 2. The maximum absolute atomic E-state index is 13.0. The van der Waals surface area contributed by atoms with E-state index in [4.69, 9.17) is 27.9 Å². The van der Waals surface area contributed by atoms with Crippen molar-refractivity contribution in [2.75, 3.05) is 0 Å². The van der Waals surface area contributed by atoms with Gasteiger partial charge in [-0.1, -0.05) is 48.5 Å². The van der Waals surface area contributed by atoms with E-state index in [9.17, 15) is 9.59 Å². The molecule has 0 bridgehead atoms. The van der Waals surface area contributed by atoms with Crippen molar-refractivity contribution < 1.29 is 14.3 Å². The molecule has 0 radical (unpaired) electrons. The fourth-order valence-electron chi connectivity index (χ4n) is 3.68. The van der Waals surface area contributed by atoms with Gasteiger partial charge in [-0.2, -0.15) is 0 Å². The van der Waals surface area contributed by atoms with Gasteiger partial charge in [0.1, 0.15) is 6.10 Å². The highest BCUT2D eigenvalue weighted by atomic mass is 35.5. The van der Waals surface area contributed by atoms with Crippen LogP contribution in [0.25, 0.3) is 0 Å². The Kier molecular flexibility index (Phi) is 6.66. The fraction of sp³-hybridized carbons (Fsp3) is 0.500. The monoisotopic (exact) mass is 410 g/mol. The van der Waals surface area contributed by atoms with Gasteiger partial charge >= 0.3 is 12.0 Å². The molecule has 0 spiro atoms. The van der Waals surface area contributed by atoms with E-state index >= 15 is 0 Å². The molecule has 146 valence electrons. The summed E-state index contributed by atoms with van der Waals surface area (Å²) in [7, 11) is 0. The third-order valence-electron chi connectivity index (χ3n) is 5.09. The first-order chi connectivity index (χ1) is 13.0. The number of urea groups is 1. The number of ether oxygens (including phenoxy) is 1. The topological polar surface area (TPSA) is 67.4 Å². The lowest BCUT2D eigenvalue weighted by Gasteiger charge is -2.30. The molecule has 1 fully saturated rings. The first-order valence-electron chi connectivity index (χ1n) is 9.40. The maximum Gasteiger partial charge on any atom is 0.338 e. The van der Waals surface area contributed by atoms with Gasteiger partial charge in [-0.3, -0.25) is 0 Å². The first kappa shape index (κ1) is 20.0. The predicted octanol–water partition coefficient (Wildman–Crippen LogP) is 5.28. The summed E-state index contributed by atoms with van der Waals surface area (Å²) in [5.74, 6) is -0.415. The first-order valence-corrected chi connectivity index (χ1v) is 10.2. The van der Waals surface area contributed by atoms with Crippen LogP contribution in [0.3, 0.4) is 0 Å². The Morgan fingerprint density at radius 2 is 1.78 bits per heavy atom. The van der Waals surface area contributed by atoms with E-state index in [2.05, 4.69) is 10.6 Å². The van der Waals surface area contributed by atoms with Crippen molar-refractivity contribution >= 4 is 35.2 Å². The second-order valence-corrected chi connectivity index (χ2v) is 7.95. The van der Waals surface area contributed by atoms with Gasteiger partial charge in [0.15, 0.2) is 0 Å². The highest BCUT2D eigenvalue weighted by molar-refractivity contribution is 6.35.